The summed E-state index contributed by atoms with van der Waals surface area (Å²) in [5, 5.41) is 6.27. The minimum atomic E-state index is -3.41. The van der Waals surface area contributed by atoms with Crippen LogP contribution in [0.15, 0.2) is 17.3 Å². The molecule has 0 saturated heterocycles. The van der Waals surface area contributed by atoms with Crippen molar-refractivity contribution in [2.45, 2.75) is 43.7 Å². The van der Waals surface area contributed by atoms with Crippen LogP contribution < -0.4 is 4.72 Å². The Morgan fingerprint density at radius 1 is 1.62 bits per heavy atom. The van der Waals surface area contributed by atoms with Gasteiger partial charge in [-0.1, -0.05) is 19.8 Å². The lowest BCUT2D eigenvalue weighted by Gasteiger charge is -2.15. The quantitative estimate of drug-likeness (QED) is 0.790. The maximum Gasteiger partial charge on any atom is 0.257 e. The van der Waals surface area contributed by atoms with Crippen LogP contribution in [0, 0.1) is 5.92 Å². The van der Waals surface area contributed by atoms with Gasteiger partial charge in [-0.25, -0.2) is 13.1 Å². The SMILES string of the molecule is CCC(CC1CC1)NS(=O)(=O)c1ccn[nH]1. The second-order valence-electron chi connectivity index (χ2n) is 4.33. The van der Waals surface area contributed by atoms with Crippen molar-refractivity contribution < 1.29 is 8.42 Å². The first-order chi connectivity index (χ1) is 7.62. The molecule has 1 unspecified atom stereocenters. The standard InChI is InChI=1S/C10H17N3O2S/c1-2-9(7-8-3-4-8)13-16(14,15)10-5-6-11-12-10/h5-6,8-9,13H,2-4,7H2,1H3,(H,11,12). The zero-order chi connectivity index (χ0) is 11.6. The van der Waals surface area contributed by atoms with Gasteiger partial charge in [0.2, 0.25) is 0 Å². The van der Waals surface area contributed by atoms with E-state index in [1.165, 1.54) is 25.1 Å². The van der Waals surface area contributed by atoms with Gasteiger partial charge < -0.3 is 0 Å². The van der Waals surface area contributed by atoms with E-state index in [0.29, 0.717) is 0 Å². The van der Waals surface area contributed by atoms with E-state index in [4.69, 9.17) is 0 Å². The fourth-order valence-electron chi connectivity index (χ4n) is 1.73. The molecule has 0 aliphatic heterocycles. The molecule has 1 aliphatic rings. The van der Waals surface area contributed by atoms with E-state index in [9.17, 15) is 8.42 Å². The molecule has 2 N–H and O–H groups in total. The number of nitrogens with zero attached hydrogens (tertiary/aromatic N) is 1. The van der Waals surface area contributed by atoms with Crippen molar-refractivity contribution >= 4 is 10.0 Å². The molecule has 1 atom stereocenters. The molecule has 0 bridgehead atoms. The Kier molecular flexibility index (Phi) is 3.30. The highest BCUT2D eigenvalue weighted by Crippen LogP contribution is 2.34. The Labute approximate surface area is 95.7 Å². The first-order valence-corrected chi connectivity index (χ1v) is 7.12. The lowest BCUT2D eigenvalue weighted by molar-refractivity contribution is 0.493. The van der Waals surface area contributed by atoms with Gasteiger partial charge in [-0.05, 0) is 24.8 Å². The molecule has 2 rings (SSSR count). The van der Waals surface area contributed by atoms with Crippen molar-refractivity contribution in [1.82, 2.24) is 14.9 Å². The highest BCUT2D eigenvalue weighted by atomic mass is 32.2. The second-order valence-corrected chi connectivity index (χ2v) is 6.01. The van der Waals surface area contributed by atoms with Gasteiger partial charge in [0.1, 0.15) is 0 Å². The van der Waals surface area contributed by atoms with Crippen LogP contribution in [-0.2, 0) is 10.0 Å². The molecule has 0 spiro atoms. The summed E-state index contributed by atoms with van der Waals surface area (Å²) in [5.74, 6) is 0.717. The van der Waals surface area contributed by atoms with E-state index in [1.54, 1.807) is 0 Å². The van der Waals surface area contributed by atoms with Crippen molar-refractivity contribution in [3.05, 3.63) is 12.3 Å². The molecule has 0 radical (unpaired) electrons. The predicted molar refractivity (Wildman–Crippen MR) is 60.3 cm³/mol. The van der Waals surface area contributed by atoms with Crippen LogP contribution in [0.4, 0.5) is 0 Å². The molecule has 5 nitrogen and oxygen atoms in total. The highest BCUT2D eigenvalue weighted by Gasteiger charge is 2.27. The average molecular weight is 243 g/mol. The average Bonchev–Trinajstić information content (AvgIpc) is 2.86. The summed E-state index contributed by atoms with van der Waals surface area (Å²) < 4.78 is 26.5. The maximum absolute atomic E-state index is 11.9. The van der Waals surface area contributed by atoms with Gasteiger partial charge in [0, 0.05) is 6.04 Å². The summed E-state index contributed by atoms with van der Waals surface area (Å²) in [7, 11) is -3.41. The molecule has 6 heteroatoms. The number of aromatic amines is 1. The van der Waals surface area contributed by atoms with Crippen molar-refractivity contribution in [2.75, 3.05) is 0 Å². The summed E-state index contributed by atoms with van der Waals surface area (Å²) in [5.41, 5.74) is 0. The molecule has 0 aromatic carbocycles. The molecule has 1 aromatic rings. The Hall–Kier alpha value is -0.880. The lowest BCUT2D eigenvalue weighted by atomic mass is 10.1. The van der Waals surface area contributed by atoms with E-state index in [2.05, 4.69) is 14.9 Å². The van der Waals surface area contributed by atoms with Crippen LogP contribution in [0.3, 0.4) is 0 Å². The van der Waals surface area contributed by atoms with Gasteiger partial charge in [0.15, 0.2) is 5.03 Å². The monoisotopic (exact) mass is 243 g/mol. The molecule has 1 fully saturated rings. The molecule has 90 valence electrons. The van der Waals surface area contributed by atoms with Crippen molar-refractivity contribution in [2.24, 2.45) is 5.92 Å². The summed E-state index contributed by atoms with van der Waals surface area (Å²) in [6.45, 7) is 2.00. The van der Waals surface area contributed by atoms with Gasteiger partial charge in [0.05, 0.1) is 6.20 Å². The second kappa shape index (κ2) is 4.55. The molecule has 0 amide bonds. The minimum absolute atomic E-state index is 0.0424. The molecular weight excluding hydrogens is 226 g/mol. The Morgan fingerprint density at radius 2 is 2.38 bits per heavy atom. The van der Waals surface area contributed by atoms with Crippen molar-refractivity contribution in [1.29, 1.82) is 0 Å². The summed E-state index contributed by atoms with van der Waals surface area (Å²) >= 11 is 0. The number of sulfonamides is 1. The number of H-pyrrole nitrogens is 1. The normalized spacial score (nSPS) is 18.6. The molecular formula is C10H17N3O2S. The van der Waals surface area contributed by atoms with E-state index < -0.39 is 10.0 Å². The van der Waals surface area contributed by atoms with Gasteiger partial charge in [0.25, 0.3) is 10.0 Å². The van der Waals surface area contributed by atoms with Crippen LogP contribution >= 0.6 is 0 Å². The third-order valence-corrected chi connectivity index (χ3v) is 4.34. The van der Waals surface area contributed by atoms with E-state index in [-0.39, 0.29) is 11.1 Å². The summed E-state index contributed by atoms with van der Waals surface area (Å²) in [6, 6.07) is 1.51. The molecule has 1 aromatic heterocycles. The van der Waals surface area contributed by atoms with Crippen molar-refractivity contribution in [3.63, 3.8) is 0 Å². The van der Waals surface area contributed by atoms with Crippen LogP contribution in [-0.4, -0.2) is 24.7 Å². The molecule has 16 heavy (non-hydrogen) atoms. The van der Waals surface area contributed by atoms with E-state index in [0.717, 1.165) is 18.8 Å². The van der Waals surface area contributed by atoms with Crippen LogP contribution in [0.2, 0.25) is 0 Å². The highest BCUT2D eigenvalue weighted by molar-refractivity contribution is 7.89. The minimum Gasteiger partial charge on any atom is -0.266 e. The number of nitrogens with one attached hydrogen (secondary N) is 2. The number of hydrogen-bond donors (Lipinski definition) is 2. The molecule has 1 aliphatic carbocycles. The summed E-state index contributed by atoms with van der Waals surface area (Å²) in [6.07, 6.45) is 5.69. The molecule has 1 heterocycles. The van der Waals surface area contributed by atoms with Crippen molar-refractivity contribution in [3.8, 4) is 0 Å². The molecule has 1 saturated carbocycles. The first-order valence-electron chi connectivity index (χ1n) is 5.63. The third-order valence-electron chi connectivity index (χ3n) is 2.89. The topological polar surface area (TPSA) is 74.8 Å². The van der Waals surface area contributed by atoms with Gasteiger partial charge in [-0.3, -0.25) is 5.10 Å². The fourth-order valence-corrected chi connectivity index (χ4v) is 2.97. The zero-order valence-corrected chi connectivity index (χ0v) is 10.1. The van der Waals surface area contributed by atoms with E-state index in [1.807, 2.05) is 6.92 Å². The van der Waals surface area contributed by atoms with Gasteiger partial charge in [-0.2, -0.15) is 5.10 Å². The van der Waals surface area contributed by atoms with Crippen LogP contribution in [0.1, 0.15) is 32.6 Å². The summed E-state index contributed by atoms with van der Waals surface area (Å²) in [4.78, 5) is 0. The predicted octanol–water partition coefficient (Wildman–Crippen LogP) is 1.27. The van der Waals surface area contributed by atoms with Crippen LogP contribution in [0.25, 0.3) is 0 Å². The number of aromatic nitrogens is 2. The Morgan fingerprint density at radius 3 is 2.88 bits per heavy atom. The largest absolute Gasteiger partial charge is 0.266 e. The Balaban J connectivity index is 2.01. The van der Waals surface area contributed by atoms with Gasteiger partial charge in [-0.15, -0.1) is 0 Å². The zero-order valence-electron chi connectivity index (χ0n) is 9.31. The maximum atomic E-state index is 11.9. The smallest absolute Gasteiger partial charge is 0.257 e. The lowest BCUT2D eigenvalue weighted by Crippen LogP contribution is -2.35. The Bertz CT molecular complexity index is 423. The third kappa shape index (κ3) is 2.82. The number of rotatable bonds is 6. The van der Waals surface area contributed by atoms with Gasteiger partial charge >= 0.3 is 0 Å². The van der Waals surface area contributed by atoms with Crippen LogP contribution in [0.5, 0.6) is 0 Å². The fraction of sp³-hybridized carbons (Fsp3) is 0.700. The first kappa shape index (κ1) is 11.6. The number of hydrogen-bond acceptors (Lipinski definition) is 3. The van der Waals surface area contributed by atoms with E-state index >= 15 is 0 Å².